The number of carbonyl (C=O) groups excluding carboxylic acids is 1. The van der Waals surface area contributed by atoms with Crippen molar-refractivity contribution >= 4 is 11.9 Å². The number of methoxy groups -OCH3 is 1. The van der Waals surface area contributed by atoms with Crippen molar-refractivity contribution in [3.8, 4) is 11.5 Å². The zero-order valence-electron chi connectivity index (χ0n) is 16.7. The molecule has 0 aromatic heterocycles. The van der Waals surface area contributed by atoms with E-state index in [2.05, 4.69) is 15.6 Å². The van der Waals surface area contributed by atoms with Crippen LogP contribution in [-0.4, -0.2) is 62.7 Å². The molecule has 2 rings (SSSR count). The third-order valence-electron chi connectivity index (χ3n) is 4.32. The van der Waals surface area contributed by atoms with Gasteiger partial charge >= 0.3 is 0 Å². The maximum atomic E-state index is 12.1. The fourth-order valence-electron chi connectivity index (χ4n) is 2.92. The van der Waals surface area contributed by atoms with Gasteiger partial charge in [0.25, 0.3) is 0 Å². The minimum Gasteiger partial charge on any atom is -0.497 e. The van der Waals surface area contributed by atoms with Crippen molar-refractivity contribution in [3.05, 3.63) is 24.3 Å². The Labute approximate surface area is 162 Å². The van der Waals surface area contributed by atoms with Crippen LogP contribution in [0.3, 0.4) is 0 Å². The number of amides is 1. The Hall–Kier alpha value is -2.44. The number of guanidine groups is 1. The highest BCUT2D eigenvalue weighted by molar-refractivity contribution is 5.81. The maximum Gasteiger partial charge on any atom is 0.224 e. The van der Waals surface area contributed by atoms with Crippen LogP contribution in [0, 0.1) is 0 Å². The van der Waals surface area contributed by atoms with Gasteiger partial charge in [-0.15, -0.1) is 0 Å². The van der Waals surface area contributed by atoms with E-state index in [1.54, 1.807) is 7.11 Å². The largest absolute Gasteiger partial charge is 0.497 e. The number of nitrogens with zero attached hydrogens (tertiary/aromatic N) is 2. The molecular formula is C20H32N4O3. The number of hydrogen-bond acceptors (Lipinski definition) is 4. The number of nitrogens with one attached hydrogen (secondary N) is 2. The summed E-state index contributed by atoms with van der Waals surface area (Å²) in [5.41, 5.74) is 0. The summed E-state index contributed by atoms with van der Waals surface area (Å²) in [6.07, 6.45) is 2.64. The molecule has 1 unspecified atom stereocenters. The Morgan fingerprint density at radius 3 is 2.70 bits per heavy atom. The molecule has 27 heavy (non-hydrogen) atoms. The molecule has 1 aliphatic rings. The van der Waals surface area contributed by atoms with E-state index in [4.69, 9.17) is 9.47 Å². The molecule has 0 spiro atoms. The van der Waals surface area contributed by atoms with E-state index in [0.29, 0.717) is 25.5 Å². The van der Waals surface area contributed by atoms with Crippen molar-refractivity contribution in [2.75, 3.05) is 39.8 Å². The molecule has 1 saturated heterocycles. The van der Waals surface area contributed by atoms with Crippen molar-refractivity contribution in [2.45, 2.75) is 39.2 Å². The maximum absolute atomic E-state index is 12.1. The van der Waals surface area contributed by atoms with Crippen LogP contribution in [0.1, 0.15) is 33.1 Å². The first-order valence-electron chi connectivity index (χ1n) is 9.73. The van der Waals surface area contributed by atoms with Crippen LogP contribution in [0.2, 0.25) is 0 Å². The van der Waals surface area contributed by atoms with Gasteiger partial charge in [-0.1, -0.05) is 6.07 Å². The summed E-state index contributed by atoms with van der Waals surface area (Å²) in [7, 11) is 1.63. The lowest BCUT2D eigenvalue weighted by Gasteiger charge is -2.17. The molecule has 150 valence electrons. The number of ether oxygens (including phenoxy) is 2. The first kappa shape index (κ1) is 20.9. The highest BCUT2D eigenvalue weighted by atomic mass is 16.5. The average Bonchev–Trinajstić information content (AvgIpc) is 3.21. The van der Waals surface area contributed by atoms with Crippen LogP contribution < -0.4 is 20.1 Å². The summed E-state index contributed by atoms with van der Waals surface area (Å²) in [4.78, 5) is 18.6. The lowest BCUT2D eigenvalue weighted by molar-refractivity contribution is -0.129. The predicted octanol–water partition coefficient (Wildman–Crippen LogP) is 2.03. The Morgan fingerprint density at radius 1 is 1.26 bits per heavy atom. The summed E-state index contributed by atoms with van der Waals surface area (Å²) in [5.74, 6) is 2.44. The van der Waals surface area contributed by atoms with E-state index < -0.39 is 0 Å². The van der Waals surface area contributed by atoms with Gasteiger partial charge in [0, 0.05) is 38.7 Å². The number of carbonyl (C=O) groups is 1. The Balaban J connectivity index is 1.77. The van der Waals surface area contributed by atoms with Gasteiger partial charge in [-0.25, -0.2) is 4.99 Å². The summed E-state index contributed by atoms with van der Waals surface area (Å²) in [5, 5.41) is 6.43. The van der Waals surface area contributed by atoms with Crippen molar-refractivity contribution < 1.29 is 14.3 Å². The van der Waals surface area contributed by atoms with Gasteiger partial charge < -0.3 is 25.0 Å². The first-order chi connectivity index (χ1) is 13.1. The quantitative estimate of drug-likeness (QED) is 0.510. The standard InChI is InChI=1S/C20H32N4O3/c1-4-21-20(22-11-10-19(25)24-12-5-6-13-24)23-15-16(2)27-18-9-7-8-17(14-18)26-3/h7-9,14,16H,4-6,10-13,15H2,1-3H3,(H2,21,22,23). The van der Waals surface area contributed by atoms with Crippen LogP contribution >= 0.6 is 0 Å². The normalized spacial score (nSPS) is 15.4. The third-order valence-corrected chi connectivity index (χ3v) is 4.32. The molecule has 2 N–H and O–H groups in total. The van der Waals surface area contributed by atoms with Gasteiger partial charge in [0.15, 0.2) is 5.96 Å². The summed E-state index contributed by atoms with van der Waals surface area (Å²) in [6.45, 7) is 7.63. The molecular weight excluding hydrogens is 344 g/mol. The molecule has 1 amide bonds. The van der Waals surface area contributed by atoms with E-state index in [0.717, 1.165) is 44.0 Å². The van der Waals surface area contributed by atoms with Crippen molar-refractivity contribution in [3.63, 3.8) is 0 Å². The Bertz CT molecular complexity index is 615. The molecule has 1 fully saturated rings. The van der Waals surface area contributed by atoms with Crippen molar-refractivity contribution in [1.29, 1.82) is 0 Å². The highest BCUT2D eigenvalue weighted by Gasteiger charge is 2.17. The third kappa shape index (κ3) is 7.37. The number of hydrogen-bond donors (Lipinski definition) is 2. The van der Waals surface area contributed by atoms with E-state index in [1.165, 1.54) is 0 Å². The smallest absolute Gasteiger partial charge is 0.224 e. The second-order valence-corrected chi connectivity index (χ2v) is 6.59. The topological polar surface area (TPSA) is 75.2 Å². The zero-order valence-corrected chi connectivity index (χ0v) is 16.7. The second-order valence-electron chi connectivity index (χ2n) is 6.59. The van der Waals surface area contributed by atoms with Crippen LogP contribution in [0.5, 0.6) is 11.5 Å². The second kappa shape index (κ2) is 11.3. The van der Waals surface area contributed by atoms with Gasteiger partial charge in [0.2, 0.25) is 5.91 Å². The molecule has 1 aliphatic heterocycles. The van der Waals surface area contributed by atoms with Gasteiger partial charge in [-0.3, -0.25) is 4.79 Å². The summed E-state index contributed by atoms with van der Waals surface area (Å²) >= 11 is 0. The molecule has 0 saturated carbocycles. The Kier molecular flexibility index (Phi) is 8.74. The highest BCUT2D eigenvalue weighted by Crippen LogP contribution is 2.19. The molecule has 1 heterocycles. The number of rotatable bonds is 9. The van der Waals surface area contributed by atoms with E-state index in [9.17, 15) is 4.79 Å². The average molecular weight is 377 g/mol. The number of aliphatic imine (C=N–C) groups is 1. The molecule has 7 nitrogen and oxygen atoms in total. The molecule has 1 aromatic carbocycles. The van der Waals surface area contributed by atoms with Crippen LogP contribution in [0.4, 0.5) is 0 Å². The van der Waals surface area contributed by atoms with Crippen molar-refractivity contribution in [2.24, 2.45) is 4.99 Å². The van der Waals surface area contributed by atoms with E-state index >= 15 is 0 Å². The number of benzene rings is 1. The van der Waals surface area contributed by atoms with E-state index in [-0.39, 0.29) is 12.0 Å². The first-order valence-corrected chi connectivity index (χ1v) is 9.73. The predicted molar refractivity (Wildman–Crippen MR) is 107 cm³/mol. The molecule has 1 aromatic rings. The minimum absolute atomic E-state index is 0.0844. The fourth-order valence-corrected chi connectivity index (χ4v) is 2.92. The summed E-state index contributed by atoms with van der Waals surface area (Å²) < 4.78 is 11.1. The van der Waals surface area contributed by atoms with Crippen LogP contribution in [-0.2, 0) is 4.79 Å². The molecule has 1 atom stereocenters. The van der Waals surface area contributed by atoms with Gasteiger partial charge in [0.05, 0.1) is 13.7 Å². The van der Waals surface area contributed by atoms with Crippen LogP contribution in [0.25, 0.3) is 0 Å². The molecule has 7 heteroatoms. The van der Waals surface area contributed by atoms with Gasteiger partial charge in [0.1, 0.15) is 17.6 Å². The van der Waals surface area contributed by atoms with E-state index in [1.807, 2.05) is 43.0 Å². The van der Waals surface area contributed by atoms with Crippen molar-refractivity contribution in [1.82, 2.24) is 15.5 Å². The fraction of sp³-hybridized carbons (Fsp3) is 0.600. The molecule has 0 aliphatic carbocycles. The van der Waals surface area contributed by atoms with Gasteiger partial charge in [-0.05, 0) is 38.8 Å². The molecule has 0 bridgehead atoms. The van der Waals surface area contributed by atoms with Gasteiger partial charge in [-0.2, -0.15) is 0 Å². The lowest BCUT2D eigenvalue weighted by atomic mass is 10.3. The SMILES string of the molecule is CCNC(=NCC(C)Oc1cccc(OC)c1)NCCC(=O)N1CCCC1. The minimum atomic E-state index is -0.0844. The summed E-state index contributed by atoms with van der Waals surface area (Å²) in [6, 6.07) is 7.53. The lowest BCUT2D eigenvalue weighted by Crippen LogP contribution is -2.40. The number of likely N-dealkylation sites (tertiary alicyclic amines) is 1. The Morgan fingerprint density at radius 2 is 2.00 bits per heavy atom. The van der Waals surface area contributed by atoms with Crippen LogP contribution in [0.15, 0.2) is 29.3 Å². The zero-order chi connectivity index (χ0) is 19.5. The monoisotopic (exact) mass is 376 g/mol. The molecule has 0 radical (unpaired) electrons.